The maximum atomic E-state index is 12.6. The van der Waals surface area contributed by atoms with E-state index in [-0.39, 0.29) is 11.3 Å². The standard InChI is InChI=1S/C20H20N4O3/c1-27-15-3-2-14(18(25)10-15)11-24-9-6-17-16(12-24)20(26)23-19(22-17)13-4-7-21-8-5-13/h2-5,7-8,10,25H,6,9,11-12H2,1H3,(H,22,23,26). The summed E-state index contributed by atoms with van der Waals surface area (Å²) in [6, 6.07) is 8.92. The van der Waals surface area contributed by atoms with E-state index in [2.05, 4.69) is 19.9 Å². The molecule has 1 aromatic carbocycles. The second-order valence-corrected chi connectivity index (χ2v) is 6.53. The molecule has 0 radical (unpaired) electrons. The highest BCUT2D eigenvalue weighted by molar-refractivity contribution is 5.54. The lowest BCUT2D eigenvalue weighted by atomic mass is 10.1. The van der Waals surface area contributed by atoms with Gasteiger partial charge in [0.2, 0.25) is 0 Å². The highest BCUT2D eigenvalue weighted by atomic mass is 16.5. The van der Waals surface area contributed by atoms with Crippen molar-refractivity contribution >= 4 is 0 Å². The van der Waals surface area contributed by atoms with Gasteiger partial charge in [-0.2, -0.15) is 0 Å². The summed E-state index contributed by atoms with van der Waals surface area (Å²) in [5.74, 6) is 1.38. The summed E-state index contributed by atoms with van der Waals surface area (Å²) in [4.78, 5) is 26.3. The minimum absolute atomic E-state index is 0.115. The second-order valence-electron chi connectivity index (χ2n) is 6.53. The van der Waals surface area contributed by atoms with Gasteiger partial charge in [-0.15, -0.1) is 0 Å². The third-order valence-electron chi connectivity index (χ3n) is 4.79. The smallest absolute Gasteiger partial charge is 0.255 e. The number of pyridine rings is 1. The van der Waals surface area contributed by atoms with Crippen LogP contribution in [0.5, 0.6) is 11.5 Å². The van der Waals surface area contributed by atoms with Crippen molar-refractivity contribution in [2.45, 2.75) is 19.5 Å². The van der Waals surface area contributed by atoms with E-state index in [9.17, 15) is 9.90 Å². The van der Waals surface area contributed by atoms with Crippen molar-refractivity contribution in [3.63, 3.8) is 0 Å². The molecule has 2 N–H and O–H groups in total. The Morgan fingerprint density at radius 1 is 1.26 bits per heavy atom. The van der Waals surface area contributed by atoms with Crippen LogP contribution >= 0.6 is 0 Å². The average molecular weight is 364 g/mol. The molecule has 0 saturated carbocycles. The fourth-order valence-electron chi connectivity index (χ4n) is 3.31. The van der Waals surface area contributed by atoms with Gasteiger partial charge in [-0.3, -0.25) is 14.7 Å². The molecule has 0 bridgehead atoms. The number of rotatable bonds is 4. The molecule has 3 heterocycles. The number of aromatic amines is 1. The van der Waals surface area contributed by atoms with E-state index in [0.29, 0.717) is 36.6 Å². The van der Waals surface area contributed by atoms with Crippen molar-refractivity contribution in [3.8, 4) is 22.9 Å². The Morgan fingerprint density at radius 2 is 2.07 bits per heavy atom. The second kappa shape index (κ2) is 7.20. The Hall–Kier alpha value is -3.19. The molecule has 0 amide bonds. The molecule has 0 spiro atoms. The van der Waals surface area contributed by atoms with Crippen molar-refractivity contribution in [3.05, 3.63) is 69.9 Å². The van der Waals surface area contributed by atoms with Crippen molar-refractivity contribution in [2.75, 3.05) is 13.7 Å². The van der Waals surface area contributed by atoms with Crippen molar-refractivity contribution in [1.29, 1.82) is 0 Å². The summed E-state index contributed by atoms with van der Waals surface area (Å²) in [6.45, 7) is 1.82. The normalized spacial score (nSPS) is 14.0. The number of fused-ring (bicyclic) bond motifs is 1. The molecule has 7 heteroatoms. The van der Waals surface area contributed by atoms with Gasteiger partial charge in [-0.05, 0) is 18.2 Å². The van der Waals surface area contributed by atoms with Gasteiger partial charge >= 0.3 is 0 Å². The van der Waals surface area contributed by atoms with E-state index >= 15 is 0 Å². The molecule has 138 valence electrons. The van der Waals surface area contributed by atoms with Crippen molar-refractivity contribution in [1.82, 2.24) is 19.9 Å². The number of nitrogens with zero attached hydrogens (tertiary/aromatic N) is 3. The van der Waals surface area contributed by atoms with Crippen LogP contribution in [0.2, 0.25) is 0 Å². The Morgan fingerprint density at radius 3 is 2.81 bits per heavy atom. The van der Waals surface area contributed by atoms with Crippen molar-refractivity contribution < 1.29 is 9.84 Å². The summed E-state index contributed by atoms with van der Waals surface area (Å²) in [6.07, 6.45) is 4.05. The lowest BCUT2D eigenvalue weighted by Crippen LogP contribution is -2.35. The number of aromatic hydroxyl groups is 1. The first kappa shape index (κ1) is 17.2. The van der Waals surface area contributed by atoms with Gasteiger partial charge in [0.15, 0.2) is 0 Å². The summed E-state index contributed by atoms with van der Waals surface area (Å²) >= 11 is 0. The van der Waals surface area contributed by atoms with Crippen LogP contribution in [0.25, 0.3) is 11.4 Å². The maximum Gasteiger partial charge on any atom is 0.255 e. The molecule has 0 fully saturated rings. The zero-order chi connectivity index (χ0) is 18.8. The molecule has 2 aromatic heterocycles. The number of hydrogen-bond donors (Lipinski definition) is 2. The number of ether oxygens (including phenoxy) is 1. The molecular formula is C20H20N4O3. The van der Waals surface area contributed by atoms with Crippen LogP contribution in [0.15, 0.2) is 47.5 Å². The monoisotopic (exact) mass is 364 g/mol. The lowest BCUT2D eigenvalue weighted by molar-refractivity contribution is 0.238. The van der Waals surface area contributed by atoms with Gasteiger partial charge in [-0.1, -0.05) is 6.07 Å². The zero-order valence-corrected chi connectivity index (χ0v) is 15.0. The number of aromatic nitrogens is 3. The predicted octanol–water partition coefficient (Wildman–Crippen LogP) is 2.10. The molecule has 7 nitrogen and oxygen atoms in total. The number of hydrogen-bond acceptors (Lipinski definition) is 6. The number of nitrogens with one attached hydrogen (secondary N) is 1. The highest BCUT2D eigenvalue weighted by Gasteiger charge is 2.22. The summed E-state index contributed by atoms with van der Waals surface area (Å²) in [5.41, 5.74) is 3.05. The summed E-state index contributed by atoms with van der Waals surface area (Å²) in [5, 5.41) is 10.2. The molecule has 0 aliphatic carbocycles. The van der Waals surface area contributed by atoms with Crippen molar-refractivity contribution in [2.24, 2.45) is 0 Å². The van der Waals surface area contributed by atoms with Gasteiger partial charge in [0.25, 0.3) is 5.56 Å². The van der Waals surface area contributed by atoms with E-state index in [1.165, 1.54) is 0 Å². The van der Waals surface area contributed by atoms with Crippen LogP contribution < -0.4 is 10.3 Å². The number of phenols is 1. The number of H-pyrrole nitrogens is 1. The Labute approximate surface area is 156 Å². The first-order chi connectivity index (χ1) is 13.1. The Bertz CT molecular complexity index is 1020. The largest absolute Gasteiger partial charge is 0.507 e. The van der Waals surface area contributed by atoms with Crippen LogP contribution in [0.4, 0.5) is 0 Å². The molecule has 4 rings (SSSR count). The molecule has 1 aliphatic heterocycles. The van der Waals surface area contributed by atoms with Gasteiger partial charge in [0.05, 0.1) is 18.4 Å². The van der Waals surface area contributed by atoms with Gasteiger partial charge in [0.1, 0.15) is 17.3 Å². The van der Waals surface area contributed by atoms with Gasteiger partial charge < -0.3 is 14.8 Å². The van der Waals surface area contributed by atoms with E-state index in [4.69, 9.17) is 4.74 Å². The third-order valence-corrected chi connectivity index (χ3v) is 4.79. The number of benzene rings is 1. The highest BCUT2D eigenvalue weighted by Crippen LogP contribution is 2.26. The Kier molecular flexibility index (Phi) is 4.60. The van der Waals surface area contributed by atoms with Crippen LogP contribution in [0, 0.1) is 0 Å². The Balaban J connectivity index is 1.56. The molecule has 3 aromatic rings. The lowest BCUT2D eigenvalue weighted by Gasteiger charge is -2.28. The summed E-state index contributed by atoms with van der Waals surface area (Å²) in [7, 11) is 1.56. The van der Waals surface area contributed by atoms with Crippen LogP contribution in [-0.4, -0.2) is 38.6 Å². The first-order valence-corrected chi connectivity index (χ1v) is 8.75. The minimum atomic E-state index is -0.115. The van der Waals surface area contributed by atoms with E-state index in [1.54, 1.807) is 25.6 Å². The van der Waals surface area contributed by atoms with E-state index in [0.717, 1.165) is 23.4 Å². The minimum Gasteiger partial charge on any atom is -0.507 e. The quantitative estimate of drug-likeness (QED) is 0.737. The van der Waals surface area contributed by atoms with E-state index < -0.39 is 0 Å². The molecule has 27 heavy (non-hydrogen) atoms. The third kappa shape index (κ3) is 3.54. The topological polar surface area (TPSA) is 91.3 Å². The average Bonchev–Trinajstić information content (AvgIpc) is 2.70. The zero-order valence-electron chi connectivity index (χ0n) is 15.0. The van der Waals surface area contributed by atoms with Gasteiger partial charge in [-0.25, -0.2) is 4.98 Å². The fourth-order valence-corrected chi connectivity index (χ4v) is 3.31. The molecular weight excluding hydrogens is 344 g/mol. The molecule has 0 atom stereocenters. The molecule has 1 aliphatic rings. The number of methoxy groups -OCH3 is 1. The number of phenolic OH excluding ortho intramolecular Hbond substituents is 1. The van der Waals surface area contributed by atoms with E-state index in [1.807, 2.05) is 24.3 Å². The first-order valence-electron chi connectivity index (χ1n) is 8.75. The molecule has 0 unspecified atom stereocenters. The predicted molar refractivity (Wildman–Crippen MR) is 101 cm³/mol. The van der Waals surface area contributed by atoms with Gasteiger partial charge in [0, 0.05) is 55.6 Å². The SMILES string of the molecule is COc1ccc(CN2CCc3nc(-c4ccncc4)[nH]c(=O)c3C2)c(O)c1. The van der Waals surface area contributed by atoms with Crippen LogP contribution in [0.3, 0.4) is 0 Å². The maximum absolute atomic E-state index is 12.6. The summed E-state index contributed by atoms with van der Waals surface area (Å²) < 4.78 is 5.12. The van der Waals surface area contributed by atoms with Crippen LogP contribution in [0.1, 0.15) is 16.8 Å². The molecule has 0 saturated heterocycles. The fraction of sp³-hybridized carbons (Fsp3) is 0.250. The van der Waals surface area contributed by atoms with Crippen LogP contribution in [-0.2, 0) is 19.5 Å².